The van der Waals surface area contributed by atoms with Gasteiger partial charge in [0.1, 0.15) is 5.41 Å². The Labute approximate surface area is 89.0 Å². The molecule has 0 aromatic heterocycles. The van der Waals surface area contributed by atoms with E-state index in [4.69, 9.17) is 5.11 Å². The summed E-state index contributed by atoms with van der Waals surface area (Å²) in [5, 5.41) is 11.8. The van der Waals surface area contributed by atoms with E-state index in [2.05, 4.69) is 19.2 Å². The summed E-state index contributed by atoms with van der Waals surface area (Å²) in [5.41, 5.74) is -0.780. The predicted molar refractivity (Wildman–Crippen MR) is 54.2 cm³/mol. The third-order valence-corrected chi connectivity index (χ3v) is 3.53. The highest BCUT2D eigenvalue weighted by atomic mass is 16.4. The molecule has 0 bridgehead atoms. The highest BCUT2D eigenvalue weighted by Crippen LogP contribution is 2.47. The molecule has 2 aliphatic carbocycles. The first-order valence-corrected chi connectivity index (χ1v) is 5.40. The average Bonchev–Trinajstić information content (AvgIpc) is 2.79. The van der Waals surface area contributed by atoms with Gasteiger partial charge in [0.25, 0.3) is 0 Å². The van der Waals surface area contributed by atoms with Crippen LogP contribution >= 0.6 is 0 Å². The van der Waals surface area contributed by atoms with Gasteiger partial charge in [0.05, 0.1) is 0 Å². The molecule has 0 saturated heterocycles. The largest absolute Gasteiger partial charge is 0.480 e. The summed E-state index contributed by atoms with van der Waals surface area (Å²) >= 11 is 0. The van der Waals surface area contributed by atoms with E-state index in [1.807, 2.05) is 0 Å². The van der Waals surface area contributed by atoms with E-state index >= 15 is 0 Å². The summed E-state index contributed by atoms with van der Waals surface area (Å²) in [6.07, 6.45) is 2.89. The Hall–Kier alpha value is -1.06. The fraction of sp³-hybridized carbons (Fsp3) is 0.818. The second-order valence-corrected chi connectivity index (χ2v) is 5.63. The van der Waals surface area contributed by atoms with Crippen LogP contribution in [0.3, 0.4) is 0 Å². The van der Waals surface area contributed by atoms with Crippen LogP contribution in [0.1, 0.15) is 39.5 Å². The van der Waals surface area contributed by atoms with Crippen molar-refractivity contribution in [1.82, 2.24) is 5.32 Å². The van der Waals surface area contributed by atoms with Crippen molar-refractivity contribution in [3.8, 4) is 0 Å². The first kappa shape index (κ1) is 10.5. The van der Waals surface area contributed by atoms with Crippen LogP contribution in [0.15, 0.2) is 0 Å². The molecule has 0 aromatic carbocycles. The molecule has 0 spiro atoms. The third-order valence-electron chi connectivity index (χ3n) is 3.53. The minimum Gasteiger partial charge on any atom is -0.480 e. The number of carbonyl (C=O) groups is 2. The first-order chi connectivity index (χ1) is 6.86. The number of hydrogen-bond acceptors (Lipinski definition) is 2. The molecule has 0 unspecified atom stereocenters. The summed E-state index contributed by atoms with van der Waals surface area (Å²) in [5.74, 6) is -1.26. The lowest BCUT2D eigenvalue weighted by atomic mass is 9.68. The zero-order valence-corrected chi connectivity index (χ0v) is 9.17. The smallest absolute Gasteiger partial charge is 0.319 e. The number of amides is 1. The monoisotopic (exact) mass is 211 g/mol. The zero-order chi connectivity index (χ0) is 11.3. The number of carboxylic acids is 1. The standard InChI is InChI=1S/C11H17NO3/c1-10(2)5-7(6-10)12-8(13)11(3-4-11)9(14)15/h7H,3-6H2,1-2H3,(H,12,13)(H,14,15). The molecule has 2 fully saturated rings. The molecule has 4 heteroatoms. The number of hydrogen-bond donors (Lipinski definition) is 2. The molecule has 2 rings (SSSR count). The molecule has 0 aliphatic heterocycles. The van der Waals surface area contributed by atoms with Crippen molar-refractivity contribution >= 4 is 11.9 Å². The Morgan fingerprint density at radius 2 is 1.80 bits per heavy atom. The predicted octanol–water partition coefficient (Wildman–Crippen LogP) is 1.16. The lowest BCUT2D eigenvalue weighted by Crippen LogP contribution is -2.51. The van der Waals surface area contributed by atoms with Gasteiger partial charge in [0, 0.05) is 6.04 Å². The second-order valence-electron chi connectivity index (χ2n) is 5.63. The van der Waals surface area contributed by atoms with Crippen molar-refractivity contribution in [3.63, 3.8) is 0 Å². The average molecular weight is 211 g/mol. The molecule has 2 saturated carbocycles. The number of rotatable bonds is 3. The van der Waals surface area contributed by atoms with Gasteiger partial charge in [0.2, 0.25) is 5.91 Å². The number of carbonyl (C=O) groups excluding carboxylic acids is 1. The van der Waals surface area contributed by atoms with Crippen molar-refractivity contribution < 1.29 is 14.7 Å². The summed E-state index contributed by atoms with van der Waals surface area (Å²) in [7, 11) is 0. The van der Waals surface area contributed by atoms with E-state index in [1.54, 1.807) is 0 Å². The molecule has 84 valence electrons. The van der Waals surface area contributed by atoms with Crippen LogP contribution in [0.25, 0.3) is 0 Å². The third kappa shape index (κ3) is 1.73. The van der Waals surface area contributed by atoms with Gasteiger partial charge < -0.3 is 10.4 Å². The normalized spacial score (nSPS) is 26.5. The van der Waals surface area contributed by atoms with Crippen molar-refractivity contribution in [2.45, 2.75) is 45.6 Å². The fourth-order valence-electron chi connectivity index (χ4n) is 2.36. The van der Waals surface area contributed by atoms with Gasteiger partial charge in [-0.3, -0.25) is 9.59 Å². The minimum absolute atomic E-state index is 0.185. The summed E-state index contributed by atoms with van der Waals surface area (Å²) in [4.78, 5) is 22.6. The van der Waals surface area contributed by atoms with Gasteiger partial charge >= 0.3 is 5.97 Å². The van der Waals surface area contributed by atoms with Gasteiger partial charge in [-0.15, -0.1) is 0 Å². The molecule has 4 nitrogen and oxygen atoms in total. The second kappa shape index (κ2) is 2.97. The Bertz CT molecular complexity index is 310. The lowest BCUT2D eigenvalue weighted by Gasteiger charge is -2.43. The maximum Gasteiger partial charge on any atom is 0.319 e. The molecule has 0 heterocycles. The zero-order valence-electron chi connectivity index (χ0n) is 9.17. The van der Waals surface area contributed by atoms with Crippen molar-refractivity contribution in [2.24, 2.45) is 10.8 Å². The fourth-order valence-corrected chi connectivity index (χ4v) is 2.36. The topological polar surface area (TPSA) is 66.4 Å². The minimum atomic E-state index is -1.08. The molecule has 0 atom stereocenters. The van der Waals surface area contributed by atoms with E-state index in [1.165, 1.54) is 0 Å². The van der Waals surface area contributed by atoms with E-state index in [0.29, 0.717) is 18.3 Å². The molecule has 2 N–H and O–H groups in total. The van der Waals surface area contributed by atoms with Gasteiger partial charge in [-0.2, -0.15) is 0 Å². The Morgan fingerprint density at radius 1 is 1.27 bits per heavy atom. The van der Waals surface area contributed by atoms with Gasteiger partial charge in [-0.05, 0) is 31.1 Å². The quantitative estimate of drug-likeness (QED) is 0.688. The summed E-state index contributed by atoms with van der Waals surface area (Å²) < 4.78 is 0. The van der Waals surface area contributed by atoms with E-state index in [-0.39, 0.29) is 11.9 Å². The van der Waals surface area contributed by atoms with E-state index in [9.17, 15) is 9.59 Å². The van der Waals surface area contributed by atoms with Gasteiger partial charge in [0.15, 0.2) is 0 Å². The Morgan fingerprint density at radius 3 is 2.13 bits per heavy atom. The summed E-state index contributed by atoms with van der Waals surface area (Å²) in [6.45, 7) is 4.31. The molecule has 0 radical (unpaired) electrons. The maximum absolute atomic E-state index is 11.7. The lowest BCUT2D eigenvalue weighted by molar-refractivity contribution is -0.149. The van der Waals surface area contributed by atoms with Crippen LogP contribution in [0, 0.1) is 10.8 Å². The SMILES string of the molecule is CC1(C)CC(NC(=O)C2(C(=O)O)CC2)C1. The highest BCUT2D eigenvalue weighted by Gasteiger charge is 2.57. The number of carboxylic acid groups (broad SMARTS) is 1. The van der Waals surface area contributed by atoms with Gasteiger partial charge in [-0.25, -0.2) is 0 Å². The molecule has 0 aromatic rings. The van der Waals surface area contributed by atoms with Crippen molar-refractivity contribution in [3.05, 3.63) is 0 Å². The Balaban J connectivity index is 1.87. The summed E-state index contributed by atoms with van der Waals surface area (Å²) in [6, 6.07) is 0.185. The molecular weight excluding hydrogens is 194 g/mol. The van der Waals surface area contributed by atoms with Gasteiger partial charge in [-0.1, -0.05) is 13.8 Å². The van der Waals surface area contributed by atoms with E-state index in [0.717, 1.165) is 12.8 Å². The van der Waals surface area contributed by atoms with E-state index < -0.39 is 11.4 Å². The number of nitrogens with one attached hydrogen (secondary N) is 1. The van der Waals surface area contributed by atoms with Crippen LogP contribution in [0.2, 0.25) is 0 Å². The van der Waals surface area contributed by atoms with Crippen LogP contribution < -0.4 is 5.32 Å². The Kier molecular flexibility index (Phi) is 2.07. The van der Waals surface area contributed by atoms with Crippen molar-refractivity contribution in [2.75, 3.05) is 0 Å². The highest BCUT2D eigenvalue weighted by molar-refractivity contribution is 6.04. The van der Waals surface area contributed by atoms with Crippen LogP contribution in [-0.4, -0.2) is 23.0 Å². The van der Waals surface area contributed by atoms with Crippen LogP contribution in [0.5, 0.6) is 0 Å². The first-order valence-electron chi connectivity index (χ1n) is 5.40. The maximum atomic E-state index is 11.7. The molecule has 1 amide bonds. The van der Waals surface area contributed by atoms with Crippen LogP contribution in [-0.2, 0) is 9.59 Å². The van der Waals surface area contributed by atoms with Crippen LogP contribution in [0.4, 0.5) is 0 Å². The number of aliphatic carboxylic acids is 1. The van der Waals surface area contributed by atoms with Crippen molar-refractivity contribution in [1.29, 1.82) is 0 Å². The molecule has 15 heavy (non-hydrogen) atoms. The molecular formula is C11H17NO3. The molecule has 2 aliphatic rings.